The van der Waals surface area contributed by atoms with Gasteiger partial charge in [0.2, 0.25) is 5.95 Å². The molecule has 1 aromatic carbocycles. The molecule has 1 fully saturated rings. The Morgan fingerprint density at radius 3 is 2.91 bits per heavy atom. The van der Waals surface area contributed by atoms with Crippen LogP contribution in [0, 0.1) is 19.8 Å². The predicted molar refractivity (Wildman–Crippen MR) is 94.2 cm³/mol. The lowest BCUT2D eigenvalue weighted by Gasteiger charge is -2.18. The highest BCUT2D eigenvalue weighted by Crippen LogP contribution is 2.21. The standard InChI is InChI=1S/C18H25N5/c1-13-5-3-4-6-16(13)12-23-8-7-15(11-23)10-20-17-14(2)9-21-18(19)22-17/h3-6,9,15H,7-8,10-12H2,1-2H3,(H3,19,20,21,22). The Kier molecular flexibility index (Phi) is 4.76. The van der Waals surface area contributed by atoms with Gasteiger partial charge in [-0.2, -0.15) is 4.98 Å². The third kappa shape index (κ3) is 3.99. The minimum absolute atomic E-state index is 0.325. The molecule has 122 valence electrons. The van der Waals surface area contributed by atoms with E-state index >= 15 is 0 Å². The van der Waals surface area contributed by atoms with Crippen molar-refractivity contribution in [3.05, 3.63) is 47.2 Å². The van der Waals surface area contributed by atoms with Crippen LogP contribution in [0.1, 0.15) is 23.1 Å². The van der Waals surface area contributed by atoms with Crippen LogP contribution in [-0.4, -0.2) is 34.5 Å². The van der Waals surface area contributed by atoms with Gasteiger partial charge >= 0.3 is 0 Å². The van der Waals surface area contributed by atoms with Gasteiger partial charge in [-0.05, 0) is 43.9 Å². The molecule has 0 amide bonds. The van der Waals surface area contributed by atoms with Crippen molar-refractivity contribution in [1.29, 1.82) is 0 Å². The molecule has 1 aliphatic heterocycles. The molecular formula is C18H25N5. The second-order valence-corrected chi connectivity index (χ2v) is 6.46. The zero-order valence-electron chi connectivity index (χ0n) is 13.9. The van der Waals surface area contributed by atoms with Gasteiger partial charge in [-0.15, -0.1) is 0 Å². The second kappa shape index (κ2) is 6.96. The lowest BCUT2D eigenvalue weighted by Crippen LogP contribution is -2.23. The van der Waals surface area contributed by atoms with Crippen molar-refractivity contribution in [3.63, 3.8) is 0 Å². The van der Waals surface area contributed by atoms with Crippen molar-refractivity contribution in [1.82, 2.24) is 14.9 Å². The monoisotopic (exact) mass is 311 g/mol. The minimum Gasteiger partial charge on any atom is -0.369 e. The Labute approximate surface area is 137 Å². The van der Waals surface area contributed by atoms with Crippen molar-refractivity contribution < 1.29 is 0 Å². The summed E-state index contributed by atoms with van der Waals surface area (Å²) in [5, 5.41) is 3.43. The molecule has 1 aliphatic rings. The van der Waals surface area contributed by atoms with Gasteiger partial charge in [0.1, 0.15) is 5.82 Å². The van der Waals surface area contributed by atoms with Gasteiger partial charge in [0.15, 0.2) is 0 Å². The summed E-state index contributed by atoms with van der Waals surface area (Å²) in [4.78, 5) is 10.8. The van der Waals surface area contributed by atoms with E-state index in [1.54, 1.807) is 6.20 Å². The van der Waals surface area contributed by atoms with E-state index in [2.05, 4.69) is 51.4 Å². The van der Waals surface area contributed by atoms with Crippen LogP contribution in [0.4, 0.5) is 11.8 Å². The number of benzene rings is 1. The van der Waals surface area contributed by atoms with E-state index in [0.717, 1.165) is 37.6 Å². The molecule has 0 saturated carbocycles. The summed E-state index contributed by atoms with van der Waals surface area (Å²) in [6.07, 6.45) is 2.99. The lowest BCUT2D eigenvalue weighted by molar-refractivity contribution is 0.318. The average molecular weight is 311 g/mol. The maximum atomic E-state index is 5.66. The van der Waals surface area contributed by atoms with Gasteiger partial charge < -0.3 is 11.1 Å². The van der Waals surface area contributed by atoms with Crippen LogP contribution in [-0.2, 0) is 6.54 Å². The number of nitrogens with one attached hydrogen (secondary N) is 1. The summed E-state index contributed by atoms with van der Waals surface area (Å²) in [5.74, 6) is 1.83. The summed E-state index contributed by atoms with van der Waals surface area (Å²) >= 11 is 0. The largest absolute Gasteiger partial charge is 0.369 e. The molecule has 5 nitrogen and oxygen atoms in total. The highest BCUT2D eigenvalue weighted by atomic mass is 15.2. The number of anilines is 2. The van der Waals surface area contributed by atoms with Gasteiger partial charge in [-0.3, -0.25) is 4.90 Å². The molecule has 1 aromatic heterocycles. The molecule has 2 heterocycles. The number of hydrogen-bond acceptors (Lipinski definition) is 5. The van der Waals surface area contributed by atoms with Crippen LogP contribution in [0.15, 0.2) is 30.5 Å². The van der Waals surface area contributed by atoms with Crippen LogP contribution in [0.25, 0.3) is 0 Å². The van der Waals surface area contributed by atoms with E-state index in [9.17, 15) is 0 Å². The summed E-state index contributed by atoms with van der Waals surface area (Å²) in [7, 11) is 0. The first-order valence-corrected chi connectivity index (χ1v) is 8.21. The number of aryl methyl sites for hydroxylation is 2. The lowest BCUT2D eigenvalue weighted by atomic mass is 10.1. The molecule has 0 radical (unpaired) electrons. The first kappa shape index (κ1) is 15.7. The van der Waals surface area contributed by atoms with Gasteiger partial charge in [-0.25, -0.2) is 4.98 Å². The third-order valence-electron chi connectivity index (χ3n) is 4.57. The van der Waals surface area contributed by atoms with Crippen LogP contribution in [0.5, 0.6) is 0 Å². The fraction of sp³-hybridized carbons (Fsp3) is 0.444. The Hall–Kier alpha value is -2.14. The molecule has 3 N–H and O–H groups in total. The van der Waals surface area contributed by atoms with E-state index in [1.165, 1.54) is 17.5 Å². The smallest absolute Gasteiger partial charge is 0.221 e. The van der Waals surface area contributed by atoms with Crippen LogP contribution < -0.4 is 11.1 Å². The SMILES string of the molecule is Cc1ccccc1CN1CCC(CNc2nc(N)ncc2C)C1. The molecule has 0 bridgehead atoms. The summed E-state index contributed by atoms with van der Waals surface area (Å²) in [5.41, 5.74) is 9.51. The first-order chi connectivity index (χ1) is 11.1. The van der Waals surface area contributed by atoms with Crippen molar-refractivity contribution in [2.45, 2.75) is 26.8 Å². The van der Waals surface area contributed by atoms with Gasteiger partial charge in [-0.1, -0.05) is 24.3 Å². The minimum atomic E-state index is 0.325. The number of rotatable bonds is 5. The number of nitrogen functional groups attached to an aromatic ring is 1. The number of nitrogens with zero attached hydrogens (tertiary/aromatic N) is 3. The van der Waals surface area contributed by atoms with E-state index in [0.29, 0.717) is 11.9 Å². The zero-order valence-corrected chi connectivity index (χ0v) is 13.9. The molecule has 1 atom stereocenters. The fourth-order valence-corrected chi connectivity index (χ4v) is 3.13. The van der Waals surface area contributed by atoms with Crippen LogP contribution in [0.3, 0.4) is 0 Å². The summed E-state index contributed by atoms with van der Waals surface area (Å²) in [6, 6.07) is 8.64. The van der Waals surface area contributed by atoms with Crippen molar-refractivity contribution in [2.75, 3.05) is 30.7 Å². The van der Waals surface area contributed by atoms with Crippen molar-refractivity contribution in [2.24, 2.45) is 5.92 Å². The van der Waals surface area contributed by atoms with Gasteiger partial charge in [0.25, 0.3) is 0 Å². The summed E-state index contributed by atoms with van der Waals surface area (Å²) in [6.45, 7) is 8.45. The molecule has 5 heteroatoms. The first-order valence-electron chi connectivity index (χ1n) is 8.21. The quantitative estimate of drug-likeness (QED) is 0.888. The van der Waals surface area contributed by atoms with E-state index < -0.39 is 0 Å². The van der Waals surface area contributed by atoms with Gasteiger partial charge in [0, 0.05) is 31.4 Å². The molecule has 1 saturated heterocycles. The third-order valence-corrected chi connectivity index (χ3v) is 4.57. The number of likely N-dealkylation sites (tertiary alicyclic amines) is 1. The number of nitrogens with two attached hydrogens (primary N) is 1. The average Bonchev–Trinajstić information content (AvgIpc) is 2.98. The van der Waals surface area contributed by atoms with Crippen LogP contribution >= 0.6 is 0 Å². The maximum absolute atomic E-state index is 5.66. The highest BCUT2D eigenvalue weighted by molar-refractivity contribution is 5.45. The second-order valence-electron chi connectivity index (χ2n) is 6.46. The Morgan fingerprint density at radius 2 is 2.09 bits per heavy atom. The summed E-state index contributed by atoms with van der Waals surface area (Å²) < 4.78 is 0. The van der Waals surface area contributed by atoms with Crippen molar-refractivity contribution >= 4 is 11.8 Å². The molecule has 1 unspecified atom stereocenters. The van der Waals surface area contributed by atoms with E-state index in [4.69, 9.17) is 5.73 Å². The number of hydrogen-bond donors (Lipinski definition) is 2. The fourth-order valence-electron chi connectivity index (χ4n) is 3.13. The maximum Gasteiger partial charge on any atom is 0.221 e. The van der Waals surface area contributed by atoms with Crippen molar-refractivity contribution in [3.8, 4) is 0 Å². The molecule has 3 rings (SSSR count). The van der Waals surface area contributed by atoms with Crippen LogP contribution in [0.2, 0.25) is 0 Å². The highest BCUT2D eigenvalue weighted by Gasteiger charge is 2.22. The molecule has 0 spiro atoms. The number of aromatic nitrogens is 2. The Morgan fingerprint density at radius 1 is 1.26 bits per heavy atom. The molecule has 0 aliphatic carbocycles. The Bertz CT molecular complexity index is 670. The molecule has 23 heavy (non-hydrogen) atoms. The van der Waals surface area contributed by atoms with Gasteiger partial charge in [0.05, 0.1) is 0 Å². The predicted octanol–water partition coefficient (Wildman–Crippen LogP) is 2.61. The topological polar surface area (TPSA) is 67.1 Å². The zero-order chi connectivity index (χ0) is 16.2. The normalized spacial score (nSPS) is 18.3. The van der Waals surface area contributed by atoms with E-state index in [-0.39, 0.29) is 0 Å². The molecular weight excluding hydrogens is 286 g/mol. The van der Waals surface area contributed by atoms with E-state index in [1.807, 2.05) is 6.92 Å². The molecule has 2 aromatic rings. The Balaban J connectivity index is 1.52.